The summed E-state index contributed by atoms with van der Waals surface area (Å²) in [6.07, 6.45) is 3.93. The molecule has 2 heterocycles. The molecule has 0 spiro atoms. The molecule has 5 N–H and O–H groups in total. The molecule has 1 aliphatic rings. The van der Waals surface area contributed by atoms with Gasteiger partial charge in [-0.15, -0.1) is 0 Å². The lowest BCUT2D eigenvalue weighted by Crippen LogP contribution is -2.32. The van der Waals surface area contributed by atoms with Crippen LogP contribution < -0.4 is 16.4 Å². The maximum absolute atomic E-state index is 12.6. The van der Waals surface area contributed by atoms with Crippen molar-refractivity contribution in [2.45, 2.75) is 76.7 Å². The minimum absolute atomic E-state index is 0.0279. The van der Waals surface area contributed by atoms with Gasteiger partial charge in [-0.3, -0.25) is 9.59 Å². The van der Waals surface area contributed by atoms with E-state index in [0.29, 0.717) is 61.7 Å². The monoisotopic (exact) mass is 755 g/mol. The molecule has 1 fully saturated rings. The number of para-hydroxylation sites is 2. The van der Waals surface area contributed by atoms with Crippen LogP contribution in [0.4, 0.5) is 11.4 Å². The summed E-state index contributed by atoms with van der Waals surface area (Å²) in [7, 11) is 0. The highest BCUT2D eigenvalue weighted by atomic mass is 35.5. The summed E-state index contributed by atoms with van der Waals surface area (Å²) in [5.74, 6) is -0.114. The van der Waals surface area contributed by atoms with Gasteiger partial charge >= 0.3 is 0 Å². The number of carbonyl (C=O) groups excluding carboxylic acids is 2. The van der Waals surface area contributed by atoms with Crippen LogP contribution in [0.1, 0.15) is 73.2 Å². The highest BCUT2D eigenvalue weighted by Crippen LogP contribution is 2.39. The maximum atomic E-state index is 12.6. The Morgan fingerprint density at radius 2 is 1.57 bits per heavy atom. The van der Waals surface area contributed by atoms with Crippen molar-refractivity contribution in [3.8, 4) is 11.1 Å². The van der Waals surface area contributed by atoms with Crippen LogP contribution in [0.15, 0.2) is 103 Å². The first-order chi connectivity index (χ1) is 25.7. The van der Waals surface area contributed by atoms with Crippen LogP contribution in [-0.2, 0) is 38.8 Å². The van der Waals surface area contributed by atoms with Crippen molar-refractivity contribution >= 4 is 46.4 Å². The molecule has 12 heteroatoms. The number of hydrogen-bond acceptors (Lipinski definition) is 7. The molecule has 1 saturated heterocycles. The largest absolute Gasteiger partial charge is 0.397 e. The van der Waals surface area contributed by atoms with E-state index < -0.39 is 6.29 Å². The number of amides is 2. The van der Waals surface area contributed by atoms with Gasteiger partial charge in [0.05, 0.1) is 43.1 Å². The standard InChI is InChI=1S/C41H43Cl2N5O5/c42-39-40(43)48(26-46-39)24-33-22-36(29-18-16-27(25-49)17-19-29)53-41(52-33)32-11-7-10-31(21-32)30-9-6-8-28(20-30)23-45-37(50)14-2-1-3-15-38(51)47-35-13-5-4-12-34(35)44/h4-13,16-21,26,33,36,41,49H,1-3,14-15,22-25,44H2,(H,45,50)(H,47,51). The molecule has 1 aliphatic heterocycles. The smallest absolute Gasteiger partial charge is 0.224 e. The number of aliphatic hydroxyl groups excluding tert-OH is 1. The number of aliphatic hydroxyl groups is 1. The number of carbonyl (C=O) groups is 2. The molecule has 0 bridgehead atoms. The summed E-state index contributed by atoms with van der Waals surface area (Å²) >= 11 is 12.5. The van der Waals surface area contributed by atoms with Crippen LogP contribution >= 0.6 is 23.2 Å². The number of ether oxygens (including phenoxy) is 2. The van der Waals surface area contributed by atoms with E-state index in [9.17, 15) is 14.7 Å². The number of unbranched alkanes of at least 4 members (excludes halogenated alkanes) is 2. The Kier molecular flexibility index (Phi) is 13.2. The predicted molar refractivity (Wildman–Crippen MR) is 207 cm³/mol. The van der Waals surface area contributed by atoms with Gasteiger partial charge < -0.3 is 35.5 Å². The van der Waals surface area contributed by atoms with E-state index in [1.54, 1.807) is 23.0 Å². The van der Waals surface area contributed by atoms with Gasteiger partial charge in [-0.1, -0.05) is 102 Å². The number of anilines is 2. The molecular weight excluding hydrogens is 713 g/mol. The lowest BCUT2D eigenvalue weighted by atomic mass is 9.98. The van der Waals surface area contributed by atoms with E-state index in [1.165, 1.54) is 0 Å². The van der Waals surface area contributed by atoms with Crippen LogP contribution in [0.2, 0.25) is 10.3 Å². The van der Waals surface area contributed by atoms with E-state index in [4.69, 9.17) is 38.4 Å². The molecular formula is C41H43Cl2N5O5. The third-order valence-electron chi connectivity index (χ3n) is 9.20. The molecule has 10 nitrogen and oxygen atoms in total. The first kappa shape index (κ1) is 38.0. The second-order valence-corrected chi connectivity index (χ2v) is 13.8. The Morgan fingerprint density at radius 3 is 2.30 bits per heavy atom. The Hall–Kier alpha value is -4.71. The summed E-state index contributed by atoms with van der Waals surface area (Å²) < 4.78 is 14.9. The fourth-order valence-electron chi connectivity index (χ4n) is 6.31. The number of nitrogens with one attached hydrogen (secondary N) is 2. The van der Waals surface area contributed by atoms with Gasteiger partial charge in [0.1, 0.15) is 5.15 Å². The maximum Gasteiger partial charge on any atom is 0.224 e. The van der Waals surface area contributed by atoms with Crippen molar-refractivity contribution in [1.29, 1.82) is 0 Å². The number of nitrogens with two attached hydrogens (primary N) is 1. The van der Waals surface area contributed by atoms with Gasteiger partial charge in [-0.2, -0.15) is 0 Å². The first-order valence-corrected chi connectivity index (χ1v) is 18.5. The number of hydrogen-bond donors (Lipinski definition) is 4. The van der Waals surface area contributed by atoms with E-state index in [0.717, 1.165) is 39.8 Å². The average molecular weight is 757 g/mol. The Morgan fingerprint density at radius 1 is 0.830 bits per heavy atom. The summed E-state index contributed by atoms with van der Waals surface area (Å²) in [6, 6.07) is 31.1. The van der Waals surface area contributed by atoms with Gasteiger partial charge in [0.25, 0.3) is 0 Å². The zero-order valence-electron chi connectivity index (χ0n) is 29.2. The van der Waals surface area contributed by atoms with Crippen LogP contribution in [0.3, 0.4) is 0 Å². The van der Waals surface area contributed by atoms with E-state index in [2.05, 4.69) is 27.8 Å². The fraction of sp³-hybridized carbons (Fsp3) is 0.293. The molecule has 3 atom stereocenters. The predicted octanol–water partition coefficient (Wildman–Crippen LogP) is 8.38. The van der Waals surface area contributed by atoms with Gasteiger partial charge in [-0.05, 0) is 64.9 Å². The first-order valence-electron chi connectivity index (χ1n) is 17.7. The third-order valence-corrected chi connectivity index (χ3v) is 9.97. The summed E-state index contributed by atoms with van der Waals surface area (Å²) in [5, 5.41) is 16.0. The molecule has 0 radical (unpaired) electrons. The highest BCUT2D eigenvalue weighted by molar-refractivity contribution is 6.40. The van der Waals surface area contributed by atoms with Crippen LogP contribution in [0.5, 0.6) is 0 Å². The van der Waals surface area contributed by atoms with Crippen LogP contribution in [-0.4, -0.2) is 32.6 Å². The summed E-state index contributed by atoms with van der Waals surface area (Å²) in [6.45, 7) is 0.816. The fourth-order valence-corrected chi connectivity index (χ4v) is 6.62. The van der Waals surface area contributed by atoms with Gasteiger partial charge in [0.15, 0.2) is 11.4 Å². The number of imidazole rings is 1. The number of rotatable bonds is 15. The van der Waals surface area contributed by atoms with Crippen molar-refractivity contribution < 1.29 is 24.2 Å². The molecule has 3 unspecified atom stereocenters. The van der Waals surface area contributed by atoms with Crippen molar-refractivity contribution in [2.24, 2.45) is 0 Å². The third kappa shape index (κ3) is 10.5. The second kappa shape index (κ2) is 18.4. The molecule has 6 rings (SSSR count). The Bertz CT molecular complexity index is 2000. The van der Waals surface area contributed by atoms with Crippen LogP contribution in [0, 0.1) is 0 Å². The van der Waals surface area contributed by atoms with Gasteiger partial charge in [0, 0.05) is 31.4 Å². The molecule has 4 aromatic carbocycles. The van der Waals surface area contributed by atoms with Gasteiger partial charge in [0.2, 0.25) is 11.8 Å². The molecule has 5 aromatic rings. The molecule has 0 aliphatic carbocycles. The molecule has 53 heavy (non-hydrogen) atoms. The average Bonchev–Trinajstić information content (AvgIpc) is 3.50. The Balaban J connectivity index is 1.04. The zero-order chi connectivity index (χ0) is 37.2. The lowest BCUT2D eigenvalue weighted by molar-refractivity contribution is -0.252. The lowest BCUT2D eigenvalue weighted by Gasteiger charge is -2.36. The van der Waals surface area contributed by atoms with E-state index in [-0.39, 0.29) is 35.8 Å². The molecule has 1 aromatic heterocycles. The molecule has 276 valence electrons. The SMILES string of the molecule is Nc1ccccc1NC(=O)CCCCCC(=O)NCc1cccc(-c2cccc(C3OC(Cn4cnc(Cl)c4Cl)CC(c4ccc(CO)cc4)O3)c2)c1. The Labute approximate surface area is 319 Å². The highest BCUT2D eigenvalue weighted by Gasteiger charge is 2.33. The topological polar surface area (TPSA) is 141 Å². The van der Waals surface area contributed by atoms with Gasteiger partial charge in [-0.25, -0.2) is 4.98 Å². The van der Waals surface area contributed by atoms with E-state index >= 15 is 0 Å². The van der Waals surface area contributed by atoms with E-state index in [1.807, 2.05) is 72.8 Å². The number of nitrogen functional groups attached to an aromatic ring is 1. The van der Waals surface area contributed by atoms with Crippen molar-refractivity contribution in [2.75, 3.05) is 11.1 Å². The number of halogens is 2. The molecule has 0 saturated carbocycles. The molecule has 2 amide bonds. The zero-order valence-corrected chi connectivity index (χ0v) is 30.7. The summed E-state index contributed by atoms with van der Waals surface area (Å²) in [5.41, 5.74) is 12.7. The number of benzene rings is 4. The normalized spacial score (nSPS) is 17.0. The second-order valence-electron chi connectivity index (χ2n) is 13.1. The summed E-state index contributed by atoms with van der Waals surface area (Å²) in [4.78, 5) is 29.0. The van der Waals surface area contributed by atoms with Crippen molar-refractivity contribution in [3.05, 3.63) is 136 Å². The number of nitrogens with zero attached hydrogens (tertiary/aromatic N) is 2. The van der Waals surface area contributed by atoms with Crippen molar-refractivity contribution in [3.63, 3.8) is 0 Å². The quantitative estimate of drug-likeness (QED) is 0.0622. The minimum atomic E-state index is -0.659. The van der Waals surface area contributed by atoms with Crippen molar-refractivity contribution in [1.82, 2.24) is 14.9 Å². The minimum Gasteiger partial charge on any atom is -0.397 e. The van der Waals surface area contributed by atoms with Crippen LogP contribution in [0.25, 0.3) is 11.1 Å². The number of aromatic nitrogens is 2.